The van der Waals surface area contributed by atoms with Gasteiger partial charge >= 0.3 is 0 Å². The minimum atomic E-state index is -0.990. The second kappa shape index (κ2) is 4.22. The van der Waals surface area contributed by atoms with Crippen LogP contribution in [0.2, 0.25) is 0 Å². The summed E-state index contributed by atoms with van der Waals surface area (Å²) in [4.78, 5) is 0. The van der Waals surface area contributed by atoms with Gasteiger partial charge in [-0.1, -0.05) is 0 Å². The number of aryl methyl sites for hydroxylation is 1. The first-order chi connectivity index (χ1) is 6.00. The molecule has 1 atom stereocenters. The Morgan fingerprint density at radius 2 is 2.23 bits per heavy atom. The van der Waals surface area contributed by atoms with Crippen LogP contribution in [0.15, 0.2) is 16.8 Å². The monoisotopic (exact) mass is 200 g/mol. The van der Waals surface area contributed by atoms with E-state index in [1.54, 1.807) is 25.2 Å². The smallest absolute Gasteiger partial charge is 0.0849 e. The SMILES string of the molecule is CC(C)(O)C(O)CCc1ccsc1. The minimum absolute atomic E-state index is 0.611. The van der Waals surface area contributed by atoms with E-state index in [-0.39, 0.29) is 0 Å². The zero-order valence-corrected chi connectivity index (χ0v) is 8.84. The Kier molecular flexibility index (Phi) is 3.47. The average Bonchev–Trinajstić information content (AvgIpc) is 2.50. The average molecular weight is 200 g/mol. The molecule has 1 rings (SSSR count). The van der Waals surface area contributed by atoms with Gasteiger partial charge in [0.1, 0.15) is 0 Å². The highest BCUT2D eigenvalue weighted by Gasteiger charge is 2.23. The topological polar surface area (TPSA) is 40.5 Å². The molecule has 1 unspecified atom stereocenters. The van der Waals surface area contributed by atoms with Crippen molar-refractivity contribution in [2.75, 3.05) is 0 Å². The Balaban J connectivity index is 2.35. The summed E-state index contributed by atoms with van der Waals surface area (Å²) in [5.41, 5.74) is 0.240. The van der Waals surface area contributed by atoms with Crippen molar-refractivity contribution >= 4 is 11.3 Å². The van der Waals surface area contributed by atoms with Crippen LogP contribution in [0, 0.1) is 0 Å². The predicted octanol–water partition coefficient (Wildman–Crippen LogP) is 1.81. The maximum Gasteiger partial charge on any atom is 0.0849 e. The van der Waals surface area contributed by atoms with Gasteiger partial charge in [0.15, 0.2) is 0 Å². The van der Waals surface area contributed by atoms with Gasteiger partial charge in [-0.05, 0) is 49.1 Å². The summed E-state index contributed by atoms with van der Waals surface area (Å²) >= 11 is 1.65. The van der Waals surface area contributed by atoms with Crippen molar-refractivity contribution in [3.8, 4) is 0 Å². The normalized spacial score (nSPS) is 14.5. The standard InChI is InChI=1S/C10H16O2S/c1-10(2,12)9(11)4-3-8-5-6-13-7-8/h5-7,9,11-12H,3-4H2,1-2H3. The summed E-state index contributed by atoms with van der Waals surface area (Å²) in [6.07, 6.45) is 0.793. The summed E-state index contributed by atoms with van der Waals surface area (Å²) in [5.74, 6) is 0. The van der Waals surface area contributed by atoms with Crippen molar-refractivity contribution in [1.82, 2.24) is 0 Å². The minimum Gasteiger partial charge on any atom is -0.390 e. The zero-order chi connectivity index (χ0) is 9.90. The van der Waals surface area contributed by atoms with Crippen molar-refractivity contribution in [2.24, 2.45) is 0 Å². The van der Waals surface area contributed by atoms with E-state index >= 15 is 0 Å². The molecule has 13 heavy (non-hydrogen) atoms. The van der Waals surface area contributed by atoms with Crippen molar-refractivity contribution in [1.29, 1.82) is 0 Å². The van der Waals surface area contributed by atoms with Gasteiger partial charge in [-0.25, -0.2) is 0 Å². The van der Waals surface area contributed by atoms with E-state index < -0.39 is 11.7 Å². The fraction of sp³-hybridized carbons (Fsp3) is 0.600. The van der Waals surface area contributed by atoms with Gasteiger partial charge in [0.25, 0.3) is 0 Å². The molecule has 3 heteroatoms. The lowest BCUT2D eigenvalue weighted by Gasteiger charge is -2.24. The molecular weight excluding hydrogens is 184 g/mol. The summed E-state index contributed by atoms with van der Waals surface area (Å²) in [6, 6.07) is 2.04. The Bertz CT molecular complexity index is 236. The van der Waals surface area contributed by atoms with Crippen LogP contribution >= 0.6 is 11.3 Å². The largest absolute Gasteiger partial charge is 0.390 e. The van der Waals surface area contributed by atoms with Crippen LogP contribution < -0.4 is 0 Å². The van der Waals surface area contributed by atoms with Gasteiger partial charge < -0.3 is 10.2 Å². The molecule has 0 amide bonds. The molecule has 1 aromatic heterocycles. The molecule has 74 valence electrons. The lowest BCUT2D eigenvalue weighted by Crippen LogP contribution is -2.36. The van der Waals surface area contributed by atoms with Crippen LogP contribution in [0.5, 0.6) is 0 Å². The molecule has 0 saturated carbocycles. The third-order valence-corrected chi connectivity index (χ3v) is 2.83. The number of thiophene rings is 1. The van der Waals surface area contributed by atoms with E-state index in [2.05, 4.69) is 5.38 Å². The number of hydrogen-bond donors (Lipinski definition) is 2. The van der Waals surface area contributed by atoms with Crippen molar-refractivity contribution < 1.29 is 10.2 Å². The van der Waals surface area contributed by atoms with Gasteiger partial charge in [-0.2, -0.15) is 11.3 Å². The third-order valence-electron chi connectivity index (χ3n) is 2.10. The highest BCUT2D eigenvalue weighted by atomic mass is 32.1. The molecule has 0 fully saturated rings. The van der Waals surface area contributed by atoms with E-state index in [0.29, 0.717) is 6.42 Å². The third kappa shape index (κ3) is 3.46. The van der Waals surface area contributed by atoms with Gasteiger partial charge in [0, 0.05) is 0 Å². The fourth-order valence-corrected chi connectivity index (χ4v) is 1.79. The van der Waals surface area contributed by atoms with Gasteiger partial charge in [-0.15, -0.1) is 0 Å². The van der Waals surface area contributed by atoms with Crippen LogP contribution in [-0.4, -0.2) is 21.9 Å². The quantitative estimate of drug-likeness (QED) is 0.778. The first-order valence-corrected chi connectivity index (χ1v) is 5.36. The molecule has 0 aromatic carbocycles. The summed E-state index contributed by atoms with van der Waals surface area (Å²) in [6.45, 7) is 3.26. The first kappa shape index (κ1) is 10.7. The van der Waals surface area contributed by atoms with E-state index in [1.165, 1.54) is 5.56 Å². The maximum absolute atomic E-state index is 9.54. The Morgan fingerprint density at radius 1 is 1.54 bits per heavy atom. The predicted molar refractivity (Wildman–Crippen MR) is 54.9 cm³/mol. The van der Waals surface area contributed by atoms with Crippen molar-refractivity contribution in [3.05, 3.63) is 22.4 Å². The van der Waals surface area contributed by atoms with E-state index in [4.69, 9.17) is 0 Å². The molecule has 2 N–H and O–H groups in total. The van der Waals surface area contributed by atoms with Crippen LogP contribution in [0.1, 0.15) is 25.8 Å². The number of rotatable bonds is 4. The second-order valence-electron chi connectivity index (χ2n) is 3.84. The van der Waals surface area contributed by atoms with E-state index in [1.807, 2.05) is 11.4 Å². The van der Waals surface area contributed by atoms with Gasteiger partial charge in [-0.3, -0.25) is 0 Å². The van der Waals surface area contributed by atoms with Crippen LogP contribution in [-0.2, 0) is 6.42 Å². The molecule has 0 aliphatic rings. The number of aliphatic hydroxyl groups is 2. The van der Waals surface area contributed by atoms with Crippen molar-refractivity contribution in [3.63, 3.8) is 0 Å². The Labute approximate surface area is 82.8 Å². The lowest BCUT2D eigenvalue weighted by atomic mass is 9.96. The Hall–Kier alpha value is -0.380. The molecular formula is C10H16O2S. The van der Waals surface area contributed by atoms with Crippen LogP contribution in [0.4, 0.5) is 0 Å². The molecule has 1 heterocycles. The second-order valence-corrected chi connectivity index (χ2v) is 4.62. The molecule has 0 aliphatic heterocycles. The van der Waals surface area contributed by atoms with Gasteiger partial charge in [0.05, 0.1) is 11.7 Å². The molecule has 0 radical (unpaired) electrons. The fourth-order valence-electron chi connectivity index (χ4n) is 1.09. The molecule has 0 bridgehead atoms. The van der Waals surface area contributed by atoms with Crippen molar-refractivity contribution in [2.45, 2.75) is 38.4 Å². The molecule has 0 spiro atoms. The summed E-state index contributed by atoms with van der Waals surface area (Å²) in [5, 5.41) is 23.1. The Morgan fingerprint density at radius 3 is 2.69 bits per heavy atom. The van der Waals surface area contributed by atoms with Crippen LogP contribution in [0.25, 0.3) is 0 Å². The molecule has 1 aromatic rings. The maximum atomic E-state index is 9.54. The molecule has 0 saturated heterocycles. The summed E-state index contributed by atoms with van der Waals surface area (Å²) in [7, 11) is 0. The first-order valence-electron chi connectivity index (χ1n) is 4.41. The highest BCUT2D eigenvalue weighted by Crippen LogP contribution is 2.16. The lowest BCUT2D eigenvalue weighted by molar-refractivity contribution is -0.0509. The zero-order valence-electron chi connectivity index (χ0n) is 8.03. The molecule has 2 nitrogen and oxygen atoms in total. The van der Waals surface area contributed by atoms with E-state index in [0.717, 1.165) is 6.42 Å². The number of hydrogen-bond acceptors (Lipinski definition) is 3. The van der Waals surface area contributed by atoms with Crippen LogP contribution in [0.3, 0.4) is 0 Å². The number of aliphatic hydroxyl groups excluding tert-OH is 1. The molecule has 0 aliphatic carbocycles. The highest BCUT2D eigenvalue weighted by molar-refractivity contribution is 7.07. The summed E-state index contributed by atoms with van der Waals surface area (Å²) < 4.78 is 0. The van der Waals surface area contributed by atoms with E-state index in [9.17, 15) is 10.2 Å². The van der Waals surface area contributed by atoms with Gasteiger partial charge in [0.2, 0.25) is 0 Å².